The number of H-pyrrole nitrogens is 1. The summed E-state index contributed by atoms with van der Waals surface area (Å²) in [6.45, 7) is 0. The van der Waals surface area contributed by atoms with Gasteiger partial charge in [-0.2, -0.15) is 4.98 Å². The molecule has 19 heavy (non-hydrogen) atoms. The number of aromatic hydroxyl groups is 1. The third-order valence-electron chi connectivity index (χ3n) is 2.70. The van der Waals surface area contributed by atoms with E-state index >= 15 is 0 Å². The van der Waals surface area contributed by atoms with Crippen LogP contribution < -0.4 is 5.56 Å². The number of benzene rings is 1. The van der Waals surface area contributed by atoms with Gasteiger partial charge in [0, 0.05) is 21.6 Å². The molecule has 0 radical (unpaired) electrons. The van der Waals surface area contributed by atoms with Gasteiger partial charge >= 0.3 is 0 Å². The minimum absolute atomic E-state index is 0.293. The highest BCUT2D eigenvalue weighted by Gasteiger charge is 2.10. The highest BCUT2D eigenvalue weighted by atomic mass is 79.9. The Morgan fingerprint density at radius 2 is 2.11 bits per heavy atom. The summed E-state index contributed by atoms with van der Waals surface area (Å²) < 4.78 is 0.904. The van der Waals surface area contributed by atoms with Gasteiger partial charge in [-0.3, -0.25) is 9.78 Å². The second-order valence-electron chi connectivity index (χ2n) is 3.95. The normalized spacial score (nSPS) is 10.8. The van der Waals surface area contributed by atoms with E-state index in [1.807, 2.05) is 18.2 Å². The Hall–Kier alpha value is -2.21. The van der Waals surface area contributed by atoms with Gasteiger partial charge < -0.3 is 10.1 Å². The molecule has 0 unspecified atom stereocenters. The fraction of sp³-hybridized carbons (Fsp3) is 0. The molecule has 0 aliphatic heterocycles. The van der Waals surface area contributed by atoms with E-state index in [1.54, 1.807) is 12.3 Å². The first-order chi connectivity index (χ1) is 9.15. The summed E-state index contributed by atoms with van der Waals surface area (Å²) in [5.74, 6) is -0.0213. The highest BCUT2D eigenvalue weighted by molar-refractivity contribution is 9.10. The number of halogens is 1. The Balaban J connectivity index is 2.37. The van der Waals surface area contributed by atoms with Crippen LogP contribution in [-0.4, -0.2) is 20.1 Å². The summed E-state index contributed by atoms with van der Waals surface area (Å²) in [6.07, 6.45) is 1.67. The van der Waals surface area contributed by atoms with E-state index in [-0.39, 0.29) is 5.88 Å². The number of fused-ring (bicyclic) bond motifs is 1. The first kappa shape index (κ1) is 11.9. The Kier molecular flexibility index (Phi) is 2.79. The molecule has 0 aliphatic rings. The Labute approximate surface area is 116 Å². The fourth-order valence-corrected chi connectivity index (χ4v) is 2.35. The first-order valence-corrected chi connectivity index (χ1v) is 6.28. The van der Waals surface area contributed by atoms with Gasteiger partial charge in [0.05, 0.1) is 11.6 Å². The van der Waals surface area contributed by atoms with Crippen LogP contribution in [-0.2, 0) is 0 Å². The van der Waals surface area contributed by atoms with E-state index in [0.717, 1.165) is 15.9 Å². The van der Waals surface area contributed by atoms with Crippen LogP contribution in [0.3, 0.4) is 0 Å². The smallest absolute Gasteiger partial charge is 0.254 e. The molecule has 3 rings (SSSR count). The fourth-order valence-electron chi connectivity index (χ4n) is 1.90. The quantitative estimate of drug-likeness (QED) is 0.722. The molecule has 2 heterocycles. The first-order valence-electron chi connectivity index (χ1n) is 5.49. The van der Waals surface area contributed by atoms with Crippen LogP contribution in [0, 0.1) is 0 Å². The molecule has 0 spiro atoms. The van der Waals surface area contributed by atoms with Gasteiger partial charge in [0.25, 0.3) is 5.56 Å². The van der Waals surface area contributed by atoms with Gasteiger partial charge in [-0.15, -0.1) is 0 Å². The zero-order chi connectivity index (χ0) is 13.4. The van der Waals surface area contributed by atoms with Gasteiger partial charge in [-0.1, -0.05) is 22.0 Å². The summed E-state index contributed by atoms with van der Waals surface area (Å²) in [4.78, 5) is 22.2. The van der Waals surface area contributed by atoms with Crippen molar-refractivity contribution in [3.05, 3.63) is 51.4 Å². The lowest BCUT2D eigenvalue weighted by molar-refractivity contribution is 0.452. The lowest BCUT2D eigenvalue weighted by Gasteiger charge is -2.06. The molecule has 2 aromatic heterocycles. The van der Waals surface area contributed by atoms with Crippen LogP contribution in [0.25, 0.3) is 22.3 Å². The zero-order valence-corrected chi connectivity index (χ0v) is 11.2. The van der Waals surface area contributed by atoms with Crippen molar-refractivity contribution in [1.29, 1.82) is 0 Å². The largest absolute Gasteiger partial charge is 0.493 e. The third-order valence-corrected chi connectivity index (χ3v) is 3.39. The van der Waals surface area contributed by atoms with E-state index in [1.165, 1.54) is 0 Å². The van der Waals surface area contributed by atoms with Crippen LogP contribution in [0.1, 0.15) is 0 Å². The minimum Gasteiger partial charge on any atom is -0.493 e. The number of nitrogens with one attached hydrogen (secondary N) is 1. The van der Waals surface area contributed by atoms with Crippen molar-refractivity contribution in [2.45, 2.75) is 0 Å². The van der Waals surface area contributed by atoms with E-state index < -0.39 is 5.56 Å². The highest BCUT2D eigenvalue weighted by Crippen LogP contribution is 2.30. The van der Waals surface area contributed by atoms with Crippen molar-refractivity contribution in [3.63, 3.8) is 0 Å². The molecule has 0 saturated carbocycles. The summed E-state index contributed by atoms with van der Waals surface area (Å²) >= 11 is 3.45. The molecule has 6 heteroatoms. The molecule has 0 saturated heterocycles. The number of hydrogen-bond acceptors (Lipinski definition) is 4. The Morgan fingerprint density at radius 1 is 1.26 bits per heavy atom. The number of aromatic amines is 1. The molecular weight excluding hydrogens is 310 g/mol. The molecule has 2 N–H and O–H groups in total. The Bertz CT molecular complexity index is 829. The van der Waals surface area contributed by atoms with Crippen molar-refractivity contribution in [2.75, 3.05) is 0 Å². The summed E-state index contributed by atoms with van der Waals surface area (Å²) in [5.41, 5.74) is 0.951. The number of hydrogen-bond donors (Lipinski definition) is 2. The molecule has 0 fully saturated rings. The molecule has 94 valence electrons. The topological polar surface area (TPSA) is 78.9 Å². The molecular formula is C13H8BrN3O2. The predicted octanol–water partition coefficient (Wildman–Crippen LogP) is 2.45. The van der Waals surface area contributed by atoms with Crippen LogP contribution >= 0.6 is 15.9 Å². The van der Waals surface area contributed by atoms with Gasteiger partial charge in [-0.05, 0) is 18.2 Å². The van der Waals surface area contributed by atoms with Crippen LogP contribution in [0.5, 0.6) is 5.88 Å². The van der Waals surface area contributed by atoms with Crippen LogP contribution in [0.15, 0.2) is 45.8 Å². The summed E-state index contributed by atoms with van der Waals surface area (Å²) in [7, 11) is 0. The average molecular weight is 318 g/mol. The lowest BCUT2D eigenvalue weighted by Crippen LogP contribution is -2.07. The zero-order valence-electron chi connectivity index (χ0n) is 9.59. The van der Waals surface area contributed by atoms with Gasteiger partial charge in [0.15, 0.2) is 0 Å². The van der Waals surface area contributed by atoms with Crippen molar-refractivity contribution in [1.82, 2.24) is 15.0 Å². The van der Waals surface area contributed by atoms with Crippen LogP contribution in [0.4, 0.5) is 0 Å². The molecule has 3 aromatic rings. The second kappa shape index (κ2) is 4.47. The standard InChI is InChI=1S/C13H8BrN3O2/c14-9-4-3-8(12-7(9)2-1-5-15-12)13-16-10(18)6-11(19)17-13/h1-6H,(H2,16,17,18,19). The molecule has 0 aliphatic carbocycles. The number of nitrogens with zero attached hydrogens (tertiary/aromatic N) is 2. The van der Waals surface area contributed by atoms with Crippen molar-refractivity contribution >= 4 is 26.8 Å². The molecule has 0 atom stereocenters. The van der Waals surface area contributed by atoms with Gasteiger partial charge in [0.2, 0.25) is 5.88 Å². The molecule has 0 bridgehead atoms. The predicted molar refractivity (Wildman–Crippen MR) is 75.0 cm³/mol. The number of pyridine rings is 1. The van der Waals surface area contributed by atoms with E-state index in [4.69, 9.17) is 0 Å². The maximum absolute atomic E-state index is 11.4. The number of aromatic nitrogens is 3. The average Bonchev–Trinajstić information content (AvgIpc) is 2.38. The number of rotatable bonds is 1. The van der Waals surface area contributed by atoms with Crippen molar-refractivity contribution in [3.8, 4) is 17.3 Å². The molecule has 1 aromatic carbocycles. The molecule has 5 nitrogen and oxygen atoms in total. The van der Waals surface area contributed by atoms with E-state index in [9.17, 15) is 9.90 Å². The van der Waals surface area contributed by atoms with Crippen molar-refractivity contribution < 1.29 is 5.11 Å². The van der Waals surface area contributed by atoms with E-state index in [2.05, 4.69) is 30.9 Å². The maximum Gasteiger partial charge on any atom is 0.254 e. The lowest BCUT2D eigenvalue weighted by atomic mass is 10.1. The minimum atomic E-state index is -0.408. The maximum atomic E-state index is 11.4. The molecule has 0 amide bonds. The van der Waals surface area contributed by atoms with Gasteiger partial charge in [0.1, 0.15) is 5.82 Å². The summed E-state index contributed by atoms with van der Waals surface area (Å²) in [5, 5.41) is 10.3. The SMILES string of the molecule is O=c1cc(O)nc(-c2ccc(Br)c3cccnc23)[nH]1. The monoisotopic (exact) mass is 317 g/mol. The third kappa shape index (κ3) is 2.10. The van der Waals surface area contributed by atoms with E-state index in [0.29, 0.717) is 16.9 Å². The second-order valence-corrected chi connectivity index (χ2v) is 4.80. The Morgan fingerprint density at radius 3 is 2.89 bits per heavy atom. The van der Waals surface area contributed by atoms with Crippen molar-refractivity contribution in [2.24, 2.45) is 0 Å². The summed E-state index contributed by atoms with van der Waals surface area (Å²) in [6, 6.07) is 8.41. The van der Waals surface area contributed by atoms with Gasteiger partial charge in [-0.25, -0.2) is 0 Å². The van der Waals surface area contributed by atoms with Crippen LogP contribution in [0.2, 0.25) is 0 Å².